The summed E-state index contributed by atoms with van der Waals surface area (Å²) in [5.41, 5.74) is 2.82. The molecule has 0 saturated carbocycles. The summed E-state index contributed by atoms with van der Waals surface area (Å²) in [6, 6.07) is 24.0. The summed E-state index contributed by atoms with van der Waals surface area (Å²) in [6.45, 7) is 4.69. The number of halogens is 1. The van der Waals surface area contributed by atoms with Crippen LogP contribution in [-0.2, 0) is 22.6 Å². The van der Waals surface area contributed by atoms with Crippen LogP contribution in [0, 0.1) is 6.92 Å². The first-order chi connectivity index (χ1) is 17.0. The first kappa shape index (κ1) is 26.3. The van der Waals surface area contributed by atoms with Crippen molar-refractivity contribution >= 4 is 23.4 Å². The lowest BCUT2D eigenvalue weighted by atomic mass is 10.0. The standard InChI is InChI=1S/C29H33ClN2O3/c1-3-4-18-31-29(34)26(19-23-11-6-5-7-12-23)32(20-24-14-16-25(30)17-15-24)28(33)21-35-27-13-9-8-10-22(27)2/h5-17,26H,3-4,18-21H2,1-2H3,(H,31,34)/t26-/m0/s1. The van der Waals surface area contributed by atoms with Gasteiger partial charge in [-0.2, -0.15) is 0 Å². The summed E-state index contributed by atoms with van der Waals surface area (Å²) >= 11 is 6.07. The molecule has 0 saturated heterocycles. The van der Waals surface area contributed by atoms with Crippen LogP contribution in [0.15, 0.2) is 78.9 Å². The van der Waals surface area contributed by atoms with Crippen LogP contribution < -0.4 is 10.1 Å². The molecule has 0 spiro atoms. The van der Waals surface area contributed by atoms with Gasteiger partial charge in [-0.05, 0) is 48.2 Å². The molecule has 6 heteroatoms. The van der Waals surface area contributed by atoms with E-state index in [4.69, 9.17) is 16.3 Å². The smallest absolute Gasteiger partial charge is 0.261 e. The van der Waals surface area contributed by atoms with Crippen LogP contribution in [0.5, 0.6) is 5.75 Å². The Labute approximate surface area is 213 Å². The van der Waals surface area contributed by atoms with Gasteiger partial charge < -0.3 is 15.0 Å². The lowest BCUT2D eigenvalue weighted by Gasteiger charge is -2.31. The van der Waals surface area contributed by atoms with Gasteiger partial charge in [0, 0.05) is 24.5 Å². The van der Waals surface area contributed by atoms with Crippen molar-refractivity contribution in [1.29, 1.82) is 0 Å². The maximum absolute atomic E-state index is 13.6. The van der Waals surface area contributed by atoms with Gasteiger partial charge >= 0.3 is 0 Å². The SMILES string of the molecule is CCCCNC(=O)[C@H](Cc1ccccc1)N(Cc1ccc(Cl)cc1)C(=O)COc1ccccc1C. The number of hydrogen-bond donors (Lipinski definition) is 1. The zero-order chi connectivity index (χ0) is 25.0. The maximum Gasteiger partial charge on any atom is 0.261 e. The number of aryl methyl sites for hydroxylation is 1. The number of nitrogens with one attached hydrogen (secondary N) is 1. The predicted molar refractivity (Wildman–Crippen MR) is 141 cm³/mol. The monoisotopic (exact) mass is 492 g/mol. The molecular formula is C29H33ClN2O3. The fourth-order valence-corrected chi connectivity index (χ4v) is 3.91. The number of benzene rings is 3. The molecule has 0 unspecified atom stereocenters. The minimum Gasteiger partial charge on any atom is -0.484 e. The Hall–Kier alpha value is -3.31. The van der Waals surface area contributed by atoms with Crippen LogP contribution in [0.25, 0.3) is 0 Å². The number of amides is 2. The Morgan fingerprint density at radius 1 is 0.943 bits per heavy atom. The van der Waals surface area contributed by atoms with Crippen molar-refractivity contribution < 1.29 is 14.3 Å². The van der Waals surface area contributed by atoms with Gasteiger partial charge in [0.25, 0.3) is 5.91 Å². The normalized spacial score (nSPS) is 11.5. The van der Waals surface area contributed by atoms with Crippen molar-refractivity contribution in [3.8, 4) is 5.75 Å². The Kier molecular flexibility index (Phi) is 10.2. The van der Waals surface area contributed by atoms with E-state index in [0.29, 0.717) is 23.7 Å². The molecule has 5 nitrogen and oxygen atoms in total. The number of carbonyl (C=O) groups is 2. The number of nitrogens with zero attached hydrogens (tertiary/aromatic N) is 1. The van der Waals surface area contributed by atoms with Crippen molar-refractivity contribution in [3.05, 3.63) is 101 Å². The van der Waals surface area contributed by atoms with Gasteiger partial charge in [0.2, 0.25) is 5.91 Å². The molecule has 184 valence electrons. The quantitative estimate of drug-likeness (QED) is 0.335. The van der Waals surface area contributed by atoms with Crippen LogP contribution in [0.1, 0.15) is 36.5 Å². The van der Waals surface area contributed by atoms with Crippen LogP contribution in [0.2, 0.25) is 5.02 Å². The van der Waals surface area contributed by atoms with E-state index in [-0.39, 0.29) is 25.0 Å². The van der Waals surface area contributed by atoms with Crippen LogP contribution in [-0.4, -0.2) is 35.9 Å². The van der Waals surface area contributed by atoms with Gasteiger partial charge in [0.15, 0.2) is 6.61 Å². The first-order valence-electron chi connectivity index (χ1n) is 12.0. The summed E-state index contributed by atoms with van der Waals surface area (Å²) in [6.07, 6.45) is 2.26. The van der Waals surface area contributed by atoms with Crippen LogP contribution in [0.4, 0.5) is 0 Å². The van der Waals surface area contributed by atoms with Gasteiger partial charge in [-0.25, -0.2) is 0 Å². The second-order valence-corrected chi connectivity index (χ2v) is 8.99. The fraction of sp³-hybridized carbons (Fsp3) is 0.310. The average Bonchev–Trinajstić information content (AvgIpc) is 2.87. The topological polar surface area (TPSA) is 58.6 Å². The van der Waals surface area contributed by atoms with E-state index in [1.54, 1.807) is 17.0 Å². The Morgan fingerprint density at radius 3 is 2.31 bits per heavy atom. The molecule has 0 aromatic heterocycles. The average molecular weight is 493 g/mol. The molecule has 35 heavy (non-hydrogen) atoms. The number of ether oxygens (including phenoxy) is 1. The highest BCUT2D eigenvalue weighted by Gasteiger charge is 2.30. The van der Waals surface area contributed by atoms with Crippen molar-refractivity contribution in [1.82, 2.24) is 10.2 Å². The molecule has 0 aliphatic carbocycles. The molecule has 0 radical (unpaired) electrons. The molecule has 3 rings (SSSR count). The molecule has 0 fully saturated rings. The number of hydrogen-bond acceptors (Lipinski definition) is 3. The zero-order valence-electron chi connectivity index (χ0n) is 20.4. The largest absolute Gasteiger partial charge is 0.484 e. The highest BCUT2D eigenvalue weighted by atomic mass is 35.5. The van der Waals surface area contributed by atoms with Crippen molar-refractivity contribution in [2.24, 2.45) is 0 Å². The molecular weight excluding hydrogens is 460 g/mol. The summed E-state index contributed by atoms with van der Waals surface area (Å²) in [4.78, 5) is 28.6. The predicted octanol–water partition coefficient (Wildman–Crippen LogP) is 5.58. The number of unbranched alkanes of at least 4 members (excludes halogenated alkanes) is 1. The molecule has 2 amide bonds. The lowest BCUT2D eigenvalue weighted by molar-refractivity contribution is -0.142. The third-order valence-electron chi connectivity index (χ3n) is 5.81. The van der Waals surface area contributed by atoms with E-state index in [1.807, 2.05) is 73.7 Å². The number of carbonyl (C=O) groups excluding carboxylic acids is 2. The fourth-order valence-electron chi connectivity index (χ4n) is 3.79. The van der Waals surface area contributed by atoms with Gasteiger partial charge in [-0.3, -0.25) is 9.59 Å². The number of para-hydroxylation sites is 1. The van der Waals surface area contributed by atoms with Gasteiger partial charge in [-0.1, -0.05) is 85.6 Å². The highest BCUT2D eigenvalue weighted by molar-refractivity contribution is 6.30. The summed E-state index contributed by atoms with van der Waals surface area (Å²) < 4.78 is 5.87. The second kappa shape index (κ2) is 13.5. The minimum atomic E-state index is -0.682. The number of rotatable bonds is 12. The minimum absolute atomic E-state index is 0.161. The van der Waals surface area contributed by atoms with E-state index in [1.165, 1.54) is 0 Å². The van der Waals surface area contributed by atoms with Crippen LogP contribution >= 0.6 is 11.6 Å². The first-order valence-corrected chi connectivity index (χ1v) is 12.4. The van der Waals surface area contributed by atoms with E-state index in [2.05, 4.69) is 12.2 Å². The molecule has 0 heterocycles. The maximum atomic E-state index is 13.6. The lowest BCUT2D eigenvalue weighted by Crippen LogP contribution is -2.51. The summed E-state index contributed by atoms with van der Waals surface area (Å²) in [5.74, 6) is 0.231. The molecule has 0 aliphatic rings. The highest BCUT2D eigenvalue weighted by Crippen LogP contribution is 2.19. The Bertz CT molecular complexity index is 1090. The van der Waals surface area contributed by atoms with E-state index in [0.717, 1.165) is 29.5 Å². The van der Waals surface area contributed by atoms with Crippen molar-refractivity contribution in [2.75, 3.05) is 13.2 Å². The van der Waals surface area contributed by atoms with Crippen molar-refractivity contribution in [2.45, 2.75) is 45.7 Å². The molecule has 1 N–H and O–H groups in total. The van der Waals surface area contributed by atoms with Gasteiger partial charge in [-0.15, -0.1) is 0 Å². The molecule has 0 aliphatic heterocycles. The Balaban J connectivity index is 1.88. The third-order valence-corrected chi connectivity index (χ3v) is 6.06. The molecule has 3 aromatic carbocycles. The molecule has 3 aromatic rings. The van der Waals surface area contributed by atoms with E-state index in [9.17, 15) is 9.59 Å². The Morgan fingerprint density at radius 2 is 1.63 bits per heavy atom. The van der Waals surface area contributed by atoms with Gasteiger partial charge in [0.1, 0.15) is 11.8 Å². The zero-order valence-corrected chi connectivity index (χ0v) is 21.1. The third kappa shape index (κ3) is 8.15. The molecule has 0 bridgehead atoms. The van der Waals surface area contributed by atoms with Crippen LogP contribution in [0.3, 0.4) is 0 Å². The summed E-state index contributed by atoms with van der Waals surface area (Å²) in [5, 5.41) is 3.64. The second-order valence-electron chi connectivity index (χ2n) is 8.55. The van der Waals surface area contributed by atoms with E-state index >= 15 is 0 Å². The summed E-state index contributed by atoms with van der Waals surface area (Å²) in [7, 11) is 0. The van der Waals surface area contributed by atoms with Crippen molar-refractivity contribution in [3.63, 3.8) is 0 Å². The molecule has 1 atom stereocenters. The van der Waals surface area contributed by atoms with E-state index < -0.39 is 6.04 Å². The van der Waals surface area contributed by atoms with Gasteiger partial charge in [0.05, 0.1) is 0 Å².